The summed E-state index contributed by atoms with van der Waals surface area (Å²) in [7, 11) is 0. The van der Waals surface area contributed by atoms with Gasteiger partial charge < -0.3 is 10.3 Å². The number of aromatic nitrogens is 2. The van der Waals surface area contributed by atoms with E-state index < -0.39 is 5.91 Å². The van der Waals surface area contributed by atoms with E-state index in [1.165, 1.54) is 11.3 Å². The van der Waals surface area contributed by atoms with Crippen molar-refractivity contribution in [1.29, 1.82) is 0 Å². The van der Waals surface area contributed by atoms with Crippen molar-refractivity contribution >= 4 is 50.9 Å². The fraction of sp³-hybridized carbons (Fsp3) is 0.0625. The molecule has 0 spiro atoms. The molecule has 3 rings (SSSR count). The van der Waals surface area contributed by atoms with Gasteiger partial charge in [-0.05, 0) is 52.9 Å². The van der Waals surface area contributed by atoms with Crippen molar-refractivity contribution in [1.82, 2.24) is 9.55 Å². The molecule has 0 fully saturated rings. The number of benzene rings is 1. The first-order chi connectivity index (χ1) is 11.5. The fourth-order valence-corrected chi connectivity index (χ4v) is 3.43. The maximum Gasteiger partial charge on any atom is 0.274 e. The minimum absolute atomic E-state index is 0.0607. The molecule has 0 radical (unpaired) electrons. The van der Waals surface area contributed by atoms with Crippen molar-refractivity contribution in [2.24, 2.45) is 5.73 Å². The van der Waals surface area contributed by atoms with Gasteiger partial charge in [-0.1, -0.05) is 6.07 Å². The molecule has 0 saturated heterocycles. The number of carbonyl (C=O) groups is 2. The Morgan fingerprint density at radius 2 is 2.12 bits per heavy atom. The Morgan fingerprint density at radius 3 is 2.88 bits per heavy atom. The molecule has 6 nitrogen and oxygen atoms in total. The Labute approximate surface area is 155 Å². The monoisotopic (exact) mass is 452 g/mol. The molecule has 0 bridgehead atoms. The molecule has 24 heavy (non-hydrogen) atoms. The lowest BCUT2D eigenvalue weighted by Crippen LogP contribution is -2.16. The molecule has 2 heterocycles. The number of amides is 2. The summed E-state index contributed by atoms with van der Waals surface area (Å²) in [5, 5.41) is 4.90. The van der Waals surface area contributed by atoms with Crippen LogP contribution in [-0.2, 0) is 11.2 Å². The lowest BCUT2D eigenvalue weighted by Gasteiger charge is -2.09. The average Bonchev–Trinajstić information content (AvgIpc) is 3.16. The molecule has 3 N–H and O–H groups in total. The Hall–Kier alpha value is -2.20. The number of thiazole rings is 1. The van der Waals surface area contributed by atoms with Crippen molar-refractivity contribution in [2.75, 3.05) is 5.32 Å². The molecule has 1 aromatic carbocycles. The third-order valence-corrected chi connectivity index (χ3v) is 4.67. The lowest BCUT2D eigenvalue weighted by molar-refractivity contribution is -0.117. The standard InChI is InChI=1S/C16H13IN4O2S/c17-10-3-1-4-12(7-10)21-6-2-5-13(21)15(23)20-16-19-11(9-24-16)8-14(18)22/h1-7,9H,8H2,(H2,18,22)(H,19,20,23). The number of nitrogens with two attached hydrogens (primary N) is 1. The van der Waals surface area contributed by atoms with Gasteiger partial charge in [0, 0.05) is 20.8 Å². The van der Waals surface area contributed by atoms with Crippen LogP contribution in [0, 0.1) is 3.57 Å². The van der Waals surface area contributed by atoms with Crippen LogP contribution in [0.4, 0.5) is 5.13 Å². The zero-order valence-electron chi connectivity index (χ0n) is 12.4. The fourth-order valence-electron chi connectivity index (χ4n) is 2.20. The Kier molecular flexibility index (Phi) is 4.95. The number of primary amides is 1. The van der Waals surface area contributed by atoms with E-state index in [4.69, 9.17) is 5.73 Å². The van der Waals surface area contributed by atoms with Gasteiger partial charge in [-0.2, -0.15) is 0 Å². The largest absolute Gasteiger partial charge is 0.369 e. The van der Waals surface area contributed by atoms with Gasteiger partial charge in [0.25, 0.3) is 5.91 Å². The number of nitrogens with one attached hydrogen (secondary N) is 1. The van der Waals surface area contributed by atoms with E-state index in [0.29, 0.717) is 16.5 Å². The number of carbonyl (C=O) groups excluding carboxylic acids is 2. The summed E-state index contributed by atoms with van der Waals surface area (Å²) in [6.07, 6.45) is 1.89. The minimum atomic E-state index is -0.453. The van der Waals surface area contributed by atoms with Crippen LogP contribution in [0.5, 0.6) is 0 Å². The van der Waals surface area contributed by atoms with Gasteiger partial charge in [0.1, 0.15) is 5.69 Å². The number of anilines is 1. The molecular formula is C16H13IN4O2S. The van der Waals surface area contributed by atoms with Crippen LogP contribution in [0.25, 0.3) is 5.69 Å². The molecule has 0 aliphatic carbocycles. The first-order valence-electron chi connectivity index (χ1n) is 7.00. The van der Waals surface area contributed by atoms with Crippen LogP contribution in [-0.4, -0.2) is 21.4 Å². The summed E-state index contributed by atoms with van der Waals surface area (Å²) >= 11 is 3.49. The summed E-state index contributed by atoms with van der Waals surface area (Å²) in [6.45, 7) is 0. The van der Waals surface area contributed by atoms with Crippen LogP contribution < -0.4 is 11.1 Å². The van der Waals surface area contributed by atoms with E-state index in [-0.39, 0.29) is 12.3 Å². The van der Waals surface area contributed by atoms with Crippen molar-refractivity contribution < 1.29 is 9.59 Å². The molecule has 0 unspecified atom stereocenters. The first-order valence-corrected chi connectivity index (χ1v) is 8.96. The third-order valence-electron chi connectivity index (χ3n) is 3.20. The molecule has 8 heteroatoms. The molecule has 3 aromatic rings. The summed E-state index contributed by atoms with van der Waals surface area (Å²) in [6, 6.07) is 11.4. The van der Waals surface area contributed by atoms with Gasteiger partial charge in [0.2, 0.25) is 5.91 Å². The van der Waals surface area contributed by atoms with Gasteiger partial charge in [-0.15, -0.1) is 11.3 Å². The van der Waals surface area contributed by atoms with Crippen molar-refractivity contribution in [3.8, 4) is 5.69 Å². The molecule has 0 aliphatic heterocycles. The highest BCUT2D eigenvalue weighted by atomic mass is 127. The van der Waals surface area contributed by atoms with Gasteiger partial charge >= 0.3 is 0 Å². The van der Waals surface area contributed by atoms with Gasteiger partial charge in [0.15, 0.2) is 5.13 Å². The minimum Gasteiger partial charge on any atom is -0.369 e. The van der Waals surface area contributed by atoms with Crippen LogP contribution >= 0.6 is 33.9 Å². The number of nitrogens with zero attached hydrogens (tertiary/aromatic N) is 2. The Morgan fingerprint density at radius 1 is 1.29 bits per heavy atom. The highest BCUT2D eigenvalue weighted by molar-refractivity contribution is 14.1. The number of halogens is 1. The van der Waals surface area contributed by atoms with Crippen LogP contribution in [0.3, 0.4) is 0 Å². The summed E-state index contributed by atoms with van der Waals surface area (Å²) in [4.78, 5) is 27.6. The quantitative estimate of drug-likeness (QED) is 0.584. The SMILES string of the molecule is NC(=O)Cc1csc(NC(=O)c2cccn2-c2cccc(I)c2)n1. The third kappa shape index (κ3) is 3.82. The van der Waals surface area contributed by atoms with Gasteiger partial charge in [-0.25, -0.2) is 4.98 Å². The van der Waals surface area contributed by atoms with Gasteiger partial charge in [-0.3, -0.25) is 14.9 Å². The van der Waals surface area contributed by atoms with Crippen LogP contribution in [0.15, 0.2) is 48.0 Å². The van der Waals surface area contributed by atoms with Crippen molar-refractivity contribution in [3.05, 3.63) is 62.9 Å². The second-order valence-corrected chi connectivity index (χ2v) is 7.09. The molecule has 0 saturated carbocycles. The number of hydrogen-bond acceptors (Lipinski definition) is 4. The lowest BCUT2D eigenvalue weighted by atomic mass is 10.3. The molecular weight excluding hydrogens is 439 g/mol. The maximum absolute atomic E-state index is 12.5. The van der Waals surface area contributed by atoms with Crippen molar-refractivity contribution in [2.45, 2.75) is 6.42 Å². The number of rotatable bonds is 5. The van der Waals surface area contributed by atoms with E-state index in [0.717, 1.165) is 9.26 Å². The summed E-state index contributed by atoms with van der Waals surface area (Å²) in [5.41, 5.74) is 7.11. The second-order valence-electron chi connectivity index (χ2n) is 4.98. The second kappa shape index (κ2) is 7.14. The maximum atomic E-state index is 12.5. The zero-order valence-corrected chi connectivity index (χ0v) is 15.4. The predicted molar refractivity (Wildman–Crippen MR) is 101 cm³/mol. The zero-order chi connectivity index (χ0) is 17.1. The molecule has 0 aliphatic rings. The van der Waals surface area contributed by atoms with E-state index in [1.54, 1.807) is 11.4 Å². The molecule has 2 aromatic heterocycles. The summed E-state index contributed by atoms with van der Waals surface area (Å²) in [5.74, 6) is -0.718. The summed E-state index contributed by atoms with van der Waals surface area (Å²) < 4.78 is 2.90. The molecule has 0 atom stereocenters. The van der Waals surface area contributed by atoms with E-state index in [2.05, 4.69) is 32.9 Å². The smallest absolute Gasteiger partial charge is 0.274 e. The van der Waals surface area contributed by atoms with Crippen LogP contribution in [0.2, 0.25) is 0 Å². The predicted octanol–water partition coefficient (Wildman–Crippen LogP) is 2.82. The van der Waals surface area contributed by atoms with E-state index in [1.807, 2.05) is 41.1 Å². The highest BCUT2D eigenvalue weighted by Gasteiger charge is 2.14. The topological polar surface area (TPSA) is 90.0 Å². The average molecular weight is 452 g/mol. The Balaban J connectivity index is 1.80. The van der Waals surface area contributed by atoms with E-state index >= 15 is 0 Å². The molecule has 2 amide bonds. The first kappa shape index (κ1) is 16.7. The normalized spacial score (nSPS) is 10.5. The molecule has 122 valence electrons. The number of hydrogen-bond donors (Lipinski definition) is 2. The van der Waals surface area contributed by atoms with Gasteiger partial charge in [0.05, 0.1) is 12.1 Å². The Bertz CT molecular complexity index is 903. The van der Waals surface area contributed by atoms with Crippen molar-refractivity contribution in [3.63, 3.8) is 0 Å². The van der Waals surface area contributed by atoms with E-state index in [9.17, 15) is 9.59 Å². The van der Waals surface area contributed by atoms with Crippen LogP contribution in [0.1, 0.15) is 16.2 Å². The highest BCUT2D eigenvalue weighted by Crippen LogP contribution is 2.19.